The molecule has 0 saturated carbocycles. The summed E-state index contributed by atoms with van der Waals surface area (Å²) in [5.74, 6) is 0.637. The lowest BCUT2D eigenvalue weighted by Crippen LogP contribution is -2.47. The number of pyridine rings is 1. The second-order valence-corrected chi connectivity index (χ2v) is 4.12. The normalized spacial score (nSPS) is 19.3. The maximum Gasteiger partial charge on any atom is 0.149 e. The summed E-state index contributed by atoms with van der Waals surface area (Å²) in [6.45, 7) is 1.37. The highest BCUT2D eigenvalue weighted by Crippen LogP contribution is 2.26. The molecular formula is C11H17N3O2. The topological polar surface area (TPSA) is 80.4 Å². The summed E-state index contributed by atoms with van der Waals surface area (Å²) in [6, 6.07) is 3.58. The first-order valence-electron chi connectivity index (χ1n) is 5.43. The lowest BCUT2D eigenvalue weighted by molar-refractivity contribution is 0.0379. The van der Waals surface area contributed by atoms with Crippen molar-refractivity contribution in [3.8, 4) is 0 Å². The maximum atomic E-state index is 9.51. The molecular weight excluding hydrogens is 206 g/mol. The molecule has 0 amide bonds. The van der Waals surface area contributed by atoms with Crippen LogP contribution in [0, 0.1) is 0 Å². The third-order valence-electron chi connectivity index (χ3n) is 2.98. The zero-order valence-electron chi connectivity index (χ0n) is 9.15. The van der Waals surface area contributed by atoms with E-state index in [0.717, 1.165) is 12.8 Å². The zero-order chi connectivity index (χ0) is 11.4. The first-order chi connectivity index (χ1) is 7.76. The summed E-state index contributed by atoms with van der Waals surface area (Å²) < 4.78 is 5.29. The van der Waals surface area contributed by atoms with Crippen LogP contribution >= 0.6 is 0 Å². The number of hydrogen-bond acceptors (Lipinski definition) is 5. The summed E-state index contributed by atoms with van der Waals surface area (Å²) in [7, 11) is 0. The fourth-order valence-electron chi connectivity index (χ4n) is 1.86. The molecule has 0 atom stereocenters. The van der Waals surface area contributed by atoms with Crippen molar-refractivity contribution in [2.45, 2.75) is 18.4 Å². The van der Waals surface area contributed by atoms with Crippen molar-refractivity contribution in [1.29, 1.82) is 0 Å². The van der Waals surface area contributed by atoms with E-state index in [1.807, 2.05) is 0 Å². The van der Waals surface area contributed by atoms with Crippen LogP contribution in [0.4, 0.5) is 11.5 Å². The van der Waals surface area contributed by atoms with Gasteiger partial charge in [-0.05, 0) is 25.0 Å². The smallest absolute Gasteiger partial charge is 0.149 e. The summed E-state index contributed by atoms with van der Waals surface area (Å²) >= 11 is 0. The van der Waals surface area contributed by atoms with Crippen LogP contribution < -0.4 is 11.1 Å². The van der Waals surface area contributed by atoms with Crippen molar-refractivity contribution in [3.05, 3.63) is 18.3 Å². The molecule has 88 valence electrons. The minimum atomic E-state index is -0.347. The molecule has 1 aromatic rings. The Morgan fingerprint density at radius 1 is 1.50 bits per heavy atom. The van der Waals surface area contributed by atoms with Gasteiger partial charge in [-0.1, -0.05) is 0 Å². The first kappa shape index (κ1) is 11.2. The molecule has 0 spiro atoms. The largest absolute Gasteiger partial charge is 0.396 e. The second-order valence-electron chi connectivity index (χ2n) is 4.12. The van der Waals surface area contributed by atoms with E-state index in [1.54, 1.807) is 18.3 Å². The van der Waals surface area contributed by atoms with Crippen LogP contribution in [0.2, 0.25) is 0 Å². The number of nitrogen functional groups attached to an aromatic ring is 1. The van der Waals surface area contributed by atoms with E-state index in [2.05, 4.69) is 10.3 Å². The van der Waals surface area contributed by atoms with E-state index in [1.165, 1.54) is 0 Å². The third kappa shape index (κ3) is 2.25. The average Bonchev–Trinajstić information content (AvgIpc) is 2.33. The molecule has 1 aliphatic heterocycles. The van der Waals surface area contributed by atoms with Gasteiger partial charge in [-0.15, -0.1) is 0 Å². The van der Waals surface area contributed by atoms with Crippen LogP contribution in [-0.2, 0) is 4.74 Å². The molecule has 1 aliphatic rings. The number of nitrogens with one attached hydrogen (secondary N) is 1. The molecule has 1 saturated heterocycles. The van der Waals surface area contributed by atoms with Crippen molar-refractivity contribution in [2.75, 3.05) is 30.9 Å². The number of aliphatic hydroxyl groups is 1. The highest BCUT2D eigenvalue weighted by molar-refractivity contribution is 5.61. The molecule has 5 nitrogen and oxygen atoms in total. The van der Waals surface area contributed by atoms with Crippen LogP contribution in [-0.4, -0.2) is 35.5 Å². The predicted octanol–water partition coefficient (Wildman–Crippen LogP) is 0.617. The summed E-state index contributed by atoms with van der Waals surface area (Å²) in [5.41, 5.74) is 6.07. The molecule has 4 N–H and O–H groups in total. The van der Waals surface area contributed by atoms with Gasteiger partial charge in [-0.25, -0.2) is 4.98 Å². The Hall–Kier alpha value is -1.33. The minimum Gasteiger partial charge on any atom is -0.396 e. The van der Waals surface area contributed by atoms with Crippen LogP contribution in [0.25, 0.3) is 0 Å². The minimum absolute atomic E-state index is 0.0619. The number of anilines is 2. The van der Waals surface area contributed by atoms with Crippen LogP contribution in [0.3, 0.4) is 0 Å². The van der Waals surface area contributed by atoms with Gasteiger partial charge in [0.2, 0.25) is 0 Å². The fraction of sp³-hybridized carbons (Fsp3) is 0.545. The van der Waals surface area contributed by atoms with Gasteiger partial charge in [0.05, 0.1) is 17.8 Å². The molecule has 0 aromatic carbocycles. The summed E-state index contributed by atoms with van der Waals surface area (Å²) in [5, 5.41) is 12.8. The van der Waals surface area contributed by atoms with Gasteiger partial charge in [-0.3, -0.25) is 0 Å². The number of aliphatic hydroxyl groups excluding tert-OH is 1. The van der Waals surface area contributed by atoms with Crippen LogP contribution in [0.15, 0.2) is 18.3 Å². The number of ether oxygens (including phenoxy) is 1. The van der Waals surface area contributed by atoms with Gasteiger partial charge in [0.25, 0.3) is 0 Å². The highest BCUT2D eigenvalue weighted by atomic mass is 16.5. The maximum absolute atomic E-state index is 9.51. The van der Waals surface area contributed by atoms with Crippen LogP contribution in [0.1, 0.15) is 12.8 Å². The Bertz CT molecular complexity index is 351. The molecule has 2 rings (SSSR count). The van der Waals surface area contributed by atoms with Crippen molar-refractivity contribution < 1.29 is 9.84 Å². The van der Waals surface area contributed by atoms with Gasteiger partial charge >= 0.3 is 0 Å². The monoisotopic (exact) mass is 223 g/mol. The van der Waals surface area contributed by atoms with Crippen molar-refractivity contribution >= 4 is 11.5 Å². The molecule has 5 heteroatoms. The van der Waals surface area contributed by atoms with E-state index in [-0.39, 0.29) is 12.1 Å². The summed E-state index contributed by atoms with van der Waals surface area (Å²) in [4.78, 5) is 4.18. The number of hydrogen-bond donors (Lipinski definition) is 3. The Kier molecular flexibility index (Phi) is 3.26. The third-order valence-corrected chi connectivity index (χ3v) is 2.98. The Morgan fingerprint density at radius 3 is 2.88 bits per heavy atom. The van der Waals surface area contributed by atoms with Gasteiger partial charge in [-0.2, -0.15) is 0 Å². The lowest BCUT2D eigenvalue weighted by atomic mass is 9.91. The van der Waals surface area contributed by atoms with Crippen molar-refractivity contribution in [1.82, 2.24) is 4.98 Å². The molecule has 16 heavy (non-hydrogen) atoms. The van der Waals surface area contributed by atoms with E-state index in [4.69, 9.17) is 10.5 Å². The van der Waals surface area contributed by atoms with Gasteiger partial charge in [0.15, 0.2) is 0 Å². The number of nitrogens with zero attached hydrogens (tertiary/aromatic N) is 1. The standard InChI is InChI=1S/C11H17N3O2/c12-9-2-1-5-13-10(9)14-11(8-15)3-6-16-7-4-11/h1-2,5,15H,3-4,6-8,12H2,(H,13,14). The second kappa shape index (κ2) is 4.67. The number of nitrogens with two attached hydrogens (primary N) is 1. The van der Waals surface area contributed by atoms with E-state index in [0.29, 0.717) is 24.7 Å². The molecule has 0 aliphatic carbocycles. The quantitative estimate of drug-likeness (QED) is 0.700. The van der Waals surface area contributed by atoms with Gasteiger partial charge in [0.1, 0.15) is 5.82 Å². The lowest BCUT2D eigenvalue weighted by Gasteiger charge is -2.37. The Labute approximate surface area is 94.6 Å². The highest BCUT2D eigenvalue weighted by Gasteiger charge is 2.32. The van der Waals surface area contributed by atoms with Crippen molar-refractivity contribution in [3.63, 3.8) is 0 Å². The van der Waals surface area contributed by atoms with E-state index in [9.17, 15) is 5.11 Å². The summed E-state index contributed by atoms with van der Waals surface area (Å²) in [6.07, 6.45) is 3.21. The zero-order valence-corrected chi connectivity index (χ0v) is 9.15. The Morgan fingerprint density at radius 2 is 2.25 bits per heavy atom. The number of rotatable bonds is 3. The molecule has 1 aromatic heterocycles. The Balaban J connectivity index is 2.15. The van der Waals surface area contributed by atoms with Gasteiger partial charge < -0.3 is 20.9 Å². The predicted molar refractivity (Wildman–Crippen MR) is 62.1 cm³/mol. The molecule has 2 heterocycles. The number of aromatic nitrogens is 1. The molecule has 0 bridgehead atoms. The van der Waals surface area contributed by atoms with Gasteiger partial charge in [0, 0.05) is 19.4 Å². The van der Waals surface area contributed by atoms with E-state index < -0.39 is 0 Å². The first-order valence-corrected chi connectivity index (χ1v) is 5.43. The average molecular weight is 223 g/mol. The van der Waals surface area contributed by atoms with E-state index >= 15 is 0 Å². The van der Waals surface area contributed by atoms with Crippen LogP contribution in [0.5, 0.6) is 0 Å². The SMILES string of the molecule is Nc1cccnc1NC1(CO)CCOCC1. The van der Waals surface area contributed by atoms with Crippen molar-refractivity contribution in [2.24, 2.45) is 0 Å². The molecule has 0 unspecified atom stereocenters. The fourth-order valence-corrected chi connectivity index (χ4v) is 1.86. The molecule has 0 radical (unpaired) electrons. The molecule has 1 fully saturated rings.